The van der Waals surface area contributed by atoms with Crippen LogP contribution in [0.15, 0.2) is 24.3 Å². The molecule has 0 N–H and O–H groups in total. The van der Waals surface area contributed by atoms with Gasteiger partial charge in [-0.05, 0) is 59.8 Å². The number of nitrogens with zero attached hydrogens (tertiary/aromatic N) is 1. The van der Waals surface area contributed by atoms with E-state index in [1.54, 1.807) is 4.90 Å². The average Bonchev–Trinajstić information content (AvgIpc) is 3.00. The molecule has 1 aliphatic heterocycles. The fourth-order valence-electron chi connectivity index (χ4n) is 6.83. The number of allylic oxidation sites excluding steroid dienone is 2. The van der Waals surface area contributed by atoms with E-state index in [0.29, 0.717) is 11.8 Å². The van der Waals surface area contributed by atoms with Gasteiger partial charge >= 0.3 is 0 Å². The van der Waals surface area contributed by atoms with E-state index >= 15 is 0 Å². The van der Waals surface area contributed by atoms with E-state index in [1.807, 2.05) is 0 Å². The van der Waals surface area contributed by atoms with Crippen LogP contribution in [-0.2, 0) is 22.4 Å². The topological polar surface area (TPSA) is 37.4 Å². The van der Waals surface area contributed by atoms with Crippen LogP contribution in [0.2, 0.25) is 0 Å². The molecule has 4 atom stereocenters. The normalized spacial score (nSPS) is 29.9. The van der Waals surface area contributed by atoms with Gasteiger partial charge in [-0.3, -0.25) is 14.5 Å². The molecule has 4 aliphatic carbocycles. The molecule has 3 nitrogen and oxygen atoms in total. The third-order valence-electron chi connectivity index (χ3n) is 8.05. The first-order valence-electron chi connectivity index (χ1n) is 12.6. The molecule has 0 spiro atoms. The second kappa shape index (κ2) is 7.90. The van der Waals surface area contributed by atoms with E-state index in [4.69, 9.17) is 0 Å². The lowest BCUT2D eigenvalue weighted by Crippen LogP contribution is -2.42. The molecule has 0 radical (unpaired) electrons. The van der Waals surface area contributed by atoms with Crippen molar-refractivity contribution in [3.63, 3.8) is 0 Å². The van der Waals surface area contributed by atoms with Gasteiger partial charge in [0.1, 0.15) is 0 Å². The second-order valence-electron chi connectivity index (χ2n) is 11.3. The number of carbonyl (C=O) groups is 2. The van der Waals surface area contributed by atoms with Crippen molar-refractivity contribution in [1.29, 1.82) is 0 Å². The largest absolute Gasteiger partial charge is 0.279 e. The number of likely N-dealkylation sites (tertiary alicyclic amines) is 1. The van der Waals surface area contributed by atoms with E-state index in [9.17, 15) is 9.59 Å². The SMILES string of the molecule is CC(C)Cc1cc2c(cc1CC(C)C)C1C=CC2C2C(=O)N(C3CCCCC3)C(=O)C12. The maximum Gasteiger partial charge on any atom is 0.234 e. The summed E-state index contributed by atoms with van der Waals surface area (Å²) in [5, 5.41) is 0. The number of imide groups is 1. The predicted octanol–water partition coefficient (Wildman–Crippen LogP) is 5.77. The number of amides is 2. The Morgan fingerprint density at radius 3 is 1.65 bits per heavy atom. The monoisotopic (exact) mass is 419 g/mol. The van der Waals surface area contributed by atoms with Gasteiger partial charge < -0.3 is 0 Å². The third-order valence-corrected chi connectivity index (χ3v) is 8.05. The van der Waals surface area contributed by atoms with Crippen LogP contribution >= 0.6 is 0 Å². The Labute approximate surface area is 187 Å². The molecule has 1 saturated carbocycles. The minimum Gasteiger partial charge on any atom is -0.279 e. The first-order valence-corrected chi connectivity index (χ1v) is 12.6. The lowest BCUT2D eigenvalue weighted by atomic mass is 9.60. The van der Waals surface area contributed by atoms with E-state index in [2.05, 4.69) is 52.0 Å². The molecule has 2 bridgehead atoms. The molecule has 1 aromatic carbocycles. The zero-order chi connectivity index (χ0) is 21.9. The molecule has 1 aromatic rings. The van der Waals surface area contributed by atoms with Crippen molar-refractivity contribution >= 4 is 11.8 Å². The molecule has 31 heavy (non-hydrogen) atoms. The summed E-state index contributed by atoms with van der Waals surface area (Å²) in [6.45, 7) is 9.12. The molecule has 5 aliphatic rings. The molecular weight excluding hydrogens is 382 g/mol. The average molecular weight is 420 g/mol. The summed E-state index contributed by atoms with van der Waals surface area (Å²) in [6.07, 6.45) is 12.1. The molecule has 1 saturated heterocycles. The Hall–Kier alpha value is -1.90. The lowest BCUT2D eigenvalue weighted by Gasteiger charge is -2.41. The van der Waals surface area contributed by atoms with Gasteiger partial charge in [0.05, 0.1) is 11.8 Å². The van der Waals surface area contributed by atoms with Gasteiger partial charge in [0.25, 0.3) is 0 Å². The molecular formula is C28H37NO2. The first kappa shape index (κ1) is 21.0. The number of hydrogen-bond donors (Lipinski definition) is 0. The Morgan fingerprint density at radius 2 is 1.23 bits per heavy atom. The maximum atomic E-state index is 13.6. The van der Waals surface area contributed by atoms with Crippen molar-refractivity contribution in [3.05, 3.63) is 46.5 Å². The van der Waals surface area contributed by atoms with Gasteiger partial charge in [-0.25, -0.2) is 0 Å². The minimum absolute atomic E-state index is 0.0639. The van der Waals surface area contributed by atoms with Gasteiger partial charge in [0.15, 0.2) is 0 Å². The molecule has 2 fully saturated rings. The smallest absolute Gasteiger partial charge is 0.234 e. The van der Waals surface area contributed by atoms with Gasteiger partial charge in [0.2, 0.25) is 11.8 Å². The summed E-state index contributed by atoms with van der Waals surface area (Å²) in [5.41, 5.74) is 5.54. The van der Waals surface area contributed by atoms with Gasteiger partial charge in [-0.15, -0.1) is 0 Å². The summed E-state index contributed by atoms with van der Waals surface area (Å²) in [7, 11) is 0. The summed E-state index contributed by atoms with van der Waals surface area (Å²) < 4.78 is 0. The van der Waals surface area contributed by atoms with Gasteiger partial charge in [-0.2, -0.15) is 0 Å². The van der Waals surface area contributed by atoms with E-state index in [1.165, 1.54) is 28.7 Å². The Balaban J connectivity index is 1.55. The molecule has 6 rings (SSSR count). The second-order valence-corrected chi connectivity index (χ2v) is 11.3. The summed E-state index contributed by atoms with van der Waals surface area (Å²) in [4.78, 5) is 28.9. The summed E-state index contributed by atoms with van der Waals surface area (Å²) >= 11 is 0. The van der Waals surface area contributed by atoms with Crippen LogP contribution in [0.1, 0.15) is 93.9 Å². The minimum atomic E-state index is -0.181. The van der Waals surface area contributed by atoms with Crippen molar-refractivity contribution in [2.24, 2.45) is 23.7 Å². The van der Waals surface area contributed by atoms with Crippen LogP contribution < -0.4 is 0 Å². The third kappa shape index (κ3) is 3.39. The fourth-order valence-corrected chi connectivity index (χ4v) is 6.83. The first-order chi connectivity index (χ1) is 14.9. The van der Waals surface area contributed by atoms with Crippen molar-refractivity contribution in [1.82, 2.24) is 4.90 Å². The standard InChI is InChI=1S/C28H37NO2/c1-16(2)12-18-14-23-21-10-11-22(24(23)15-19(18)13-17(3)4)26-25(21)27(30)29(28(26)31)20-8-6-5-7-9-20/h10-11,14-17,20-22,25-26H,5-9,12-13H2,1-4H3. The Morgan fingerprint density at radius 1 is 0.774 bits per heavy atom. The Bertz CT molecular complexity index is 856. The van der Waals surface area contributed by atoms with Crippen LogP contribution in [-0.4, -0.2) is 22.8 Å². The predicted molar refractivity (Wildman–Crippen MR) is 124 cm³/mol. The number of benzene rings is 1. The summed E-state index contributed by atoms with van der Waals surface area (Å²) in [5.74, 6) is 1.20. The maximum absolute atomic E-state index is 13.6. The highest BCUT2D eigenvalue weighted by molar-refractivity contribution is 6.07. The van der Waals surface area contributed by atoms with Crippen molar-refractivity contribution in [2.45, 2.75) is 90.5 Å². The molecule has 2 amide bonds. The molecule has 0 aromatic heterocycles. The molecule has 4 unspecified atom stereocenters. The molecule has 3 heteroatoms. The van der Waals surface area contributed by atoms with Crippen LogP contribution in [0.3, 0.4) is 0 Å². The van der Waals surface area contributed by atoms with Gasteiger partial charge in [0, 0.05) is 17.9 Å². The highest BCUT2D eigenvalue weighted by Gasteiger charge is 2.59. The number of carbonyl (C=O) groups excluding carboxylic acids is 2. The summed E-state index contributed by atoms with van der Waals surface area (Å²) in [6, 6.07) is 4.95. The van der Waals surface area contributed by atoms with E-state index < -0.39 is 0 Å². The van der Waals surface area contributed by atoms with E-state index in [0.717, 1.165) is 38.5 Å². The van der Waals surface area contributed by atoms with Crippen LogP contribution in [0.4, 0.5) is 0 Å². The number of rotatable bonds is 5. The van der Waals surface area contributed by atoms with Crippen LogP contribution in [0.5, 0.6) is 0 Å². The van der Waals surface area contributed by atoms with Crippen molar-refractivity contribution < 1.29 is 9.59 Å². The van der Waals surface area contributed by atoms with Gasteiger partial charge in [-0.1, -0.05) is 71.2 Å². The Kier molecular flexibility index (Phi) is 5.35. The highest BCUT2D eigenvalue weighted by Crippen LogP contribution is 2.56. The highest BCUT2D eigenvalue weighted by atomic mass is 16.2. The van der Waals surface area contributed by atoms with Crippen molar-refractivity contribution in [2.75, 3.05) is 0 Å². The molecule has 1 heterocycles. The van der Waals surface area contributed by atoms with Crippen molar-refractivity contribution in [3.8, 4) is 0 Å². The fraction of sp³-hybridized carbons (Fsp3) is 0.643. The van der Waals surface area contributed by atoms with Crippen LogP contribution in [0.25, 0.3) is 0 Å². The zero-order valence-electron chi connectivity index (χ0n) is 19.6. The quantitative estimate of drug-likeness (QED) is 0.449. The zero-order valence-corrected chi connectivity index (χ0v) is 19.6. The lowest BCUT2D eigenvalue weighted by molar-refractivity contribution is -0.143. The van der Waals surface area contributed by atoms with E-state index in [-0.39, 0.29) is 41.5 Å². The number of hydrogen-bond acceptors (Lipinski definition) is 2. The van der Waals surface area contributed by atoms with Crippen LogP contribution in [0, 0.1) is 23.7 Å². The molecule has 166 valence electrons.